The normalized spacial score (nSPS) is 17.0. The smallest absolute Gasteiger partial charge is 0.224 e. The van der Waals surface area contributed by atoms with Crippen LogP contribution in [0.1, 0.15) is 31.4 Å². The van der Waals surface area contributed by atoms with Gasteiger partial charge in [0.1, 0.15) is 0 Å². The molecule has 0 unspecified atom stereocenters. The lowest BCUT2D eigenvalue weighted by Gasteiger charge is -2.34. The van der Waals surface area contributed by atoms with Crippen molar-refractivity contribution in [3.05, 3.63) is 53.6 Å². The lowest BCUT2D eigenvalue weighted by atomic mass is 9.92. The summed E-state index contributed by atoms with van der Waals surface area (Å²) in [4.78, 5) is 13.9. The molecule has 0 radical (unpaired) electrons. The third-order valence-electron chi connectivity index (χ3n) is 4.64. The van der Waals surface area contributed by atoms with Crippen LogP contribution in [0.25, 0.3) is 11.1 Å². The Morgan fingerprint density at radius 2 is 2.00 bits per heavy atom. The maximum absolute atomic E-state index is 12.0. The molecule has 2 aromatic rings. The van der Waals surface area contributed by atoms with Crippen LogP contribution in [0.5, 0.6) is 0 Å². The van der Waals surface area contributed by atoms with Crippen LogP contribution in [-0.2, 0) is 17.6 Å². The predicted octanol–water partition coefficient (Wildman–Crippen LogP) is 3.54. The lowest BCUT2D eigenvalue weighted by molar-refractivity contribution is -0.117. The Kier molecular flexibility index (Phi) is 4.49. The van der Waals surface area contributed by atoms with Gasteiger partial charge < -0.3 is 10.6 Å². The Hall–Kier alpha value is -2.13. The number of aryl methyl sites for hydroxylation is 1. The predicted molar refractivity (Wildman–Crippen MR) is 95.6 cm³/mol. The molecule has 0 bridgehead atoms. The Morgan fingerprint density at radius 3 is 2.74 bits per heavy atom. The SMILES string of the molecule is CC(=O)N1c2ccc(-c3cccc(CCN)c3)cc2CC[C@@H]1C. The number of benzene rings is 2. The van der Waals surface area contributed by atoms with E-state index in [1.54, 1.807) is 6.92 Å². The van der Waals surface area contributed by atoms with E-state index in [2.05, 4.69) is 49.4 Å². The van der Waals surface area contributed by atoms with Crippen molar-refractivity contribution in [2.45, 2.75) is 39.2 Å². The highest BCUT2D eigenvalue weighted by Gasteiger charge is 2.26. The highest BCUT2D eigenvalue weighted by atomic mass is 16.2. The van der Waals surface area contributed by atoms with Crippen LogP contribution in [0.4, 0.5) is 5.69 Å². The summed E-state index contributed by atoms with van der Waals surface area (Å²) in [7, 11) is 0. The second-order valence-corrected chi connectivity index (χ2v) is 6.36. The van der Waals surface area contributed by atoms with E-state index >= 15 is 0 Å². The summed E-state index contributed by atoms with van der Waals surface area (Å²) in [5, 5.41) is 0. The van der Waals surface area contributed by atoms with Crippen molar-refractivity contribution in [3.8, 4) is 11.1 Å². The summed E-state index contributed by atoms with van der Waals surface area (Å²) < 4.78 is 0. The first-order chi connectivity index (χ1) is 11.1. The molecule has 3 heteroatoms. The molecule has 120 valence electrons. The van der Waals surface area contributed by atoms with E-state index in [0.717, 1.165) is 24.9 Å². The zero-order valence-electron chi connectivity index (χ0n) is 13.9. The molecule has 2 aromatic carbocycles. The number of fused-ring (bicyclic) bond motifs is 1. The standard InChI is InChI=1S/C20H24N2O/c1-14-6-7-19-13-18(8-9-20(19)22(14)15(2)23)17-5-3-4-16(12-17)10-11-21/h3-5,8-9,12-14H,6-7,10-11,21H2,1-2H3/t14-/m0/s1. The first kappa shape index (κ1) is 15.8. The molecule has 23 heavy (non-hydrogen) atoms. The van der Waals surface area contributed by atoms with Gasteiger partial charge in [-0.1, -0.05) is 30.3 Å². The third kappa shape index (κ3) is 3.15. The Bertz CT molecular complexity index is 723. The van der Waals surface area contributed by atoms with Crippen LogP contribution in [-0.4, -0.2) is 18.5 Å². The Morgan fingerprint density at radius 1 is 1.22 bits per heavy atom. The number of nitrogens with zero attached hydrogens (tertiary/aromatic N) is 1. The molecule has 3 rings (SSSR count). The van der Waals surface area contributed by atoms with Crippen molar-refractivity contribution < 1.29 is 4.79 Å². The molecule has 1 aliphatic rings. The average molecular weight is 308 g/mol. The largest absolute Gasteiger partial charge is 0.330 e. The summed E-state index contributed by atoms with van der Waals surface area (Å²) in [6, 6.07) is 15.3. The maximum Gasteiger partial charge on any atom is 0.224 e. The summed E-state index contributed by atoms with van der Waals surface area (Å²) in [5.74, 6) is 0.121. The fourth-order valence-corrected chi connectivity index (χ4v) is 3.48. The van der Waals surface area contributed by atoms with Gasteiger partial charge in [-0.05, 0) is 67.1 Å². The summed E-state index contributed by atoms with van der Waals surface area (Å²) in [6.07, 6.45) is 2.94. The van der Waals surface area contributed by atoms with Crippen LogP contribution in [0.15, 0.2) is 42.5 Å². The van der Waals surface area contributed by atoms with E-state index < -0.39 is 0 Å². The van der Waals surface area contributed by atoms with Crippen LogP contribution in [0.3, 0.4) is 0 Å². The number of carbonyl (C=O) groups is 1. The summed E-state index contributed by atoms with van der Waals surface area (Å²) in [5.41, 5.74) is 11.7. The van der Waals surface area contributed by atoms with Crippen LogP contribution >= 0.6 is 0 Å². The van der Waals surface area contributed by atoms with Crippen molar-refractivity contribution in [1.29, 1.82) is 0 Å². The van der Waals surface area contributed by atoms with E-state index in [4.69, 9.17) is 5.73 Å². The second-order valence-electron chi connectivity index (χ2n) is 6.36. The number of rotatable bonds is 3. The van der Waals surface area contributed by atoms with Gasteiger partial charge in [0, 0.05) is 18.7 Å². The van der Waals surface area contributed by atoms with Gasteiger partial charge >= 0.3 is 0 Å². The quantitative estimate of drug-likeness (QED) is 0.942. The van der Waals surface area contributed by atoms with Gasteiger partial charge in [0.2, 0.25) is 5.91 Å². The molecule has 0 spiro atoms. The second kappa shape index (κ2) is 6.55. The van der Waals surface area contributed by atoms with E-state index in [1.807, 2.05) is 4.90 Å². The molecular weight excluding hydrogens is 284 g/mol. The molecule has 0 fully saturated rings. The van der Waals surface area contributed by atoms with Crippen molar-refractivity contribution in [3.63, 3.8) is 0 Å². The average Bonchev–Trinajstić information content (AvgIpc) is 2.54. The molecule has 0 saturated carbocycles. The van der Waals surface area contributed by atoms with Gasteiger partial charge in [-0.3, -0.25) is 4.79 Å². The minimum Gasteiger partial charge on any atom is -0.330 e. The van der Waals surface area contributed by atoms with Crippen LogP contribution < -0.4 is 10.6 Å². The molecule has 3 nitrogen and oxygen atoms in total. The van der Waals surface area contributed by atoms with E-state index in [-0.39, 0.29) is 11.9 Å². The van der Waals surface area contributed by atoms with E-state index in [9.17, 15) is 4.79 Å². The maximum atomic E-state index is 12.0. The number of hydrogen-bond donors (Lipinski definition) is 1. The zero-order valence-corrected chi connectivity index (χ0v) is 13.9. The minimum atomic E-state index is 0.121. The van der Waals surface area contributed by atoms with Crippen molar-refractivity contribution >= 4 is 11.6 Å². The number of anilines is 1. The van der Waals surface area contributed by atoms with Crippen molar-refractivity contribution in [2.75, 3.05) is 11.4 Å². The summed E-state index contributed by atoms with van der Waals surface area (Å²) in [6.45, 7) is 4.43. The number of carbonyl (C=O) groups excluding carboxylic acids is 1. The molecule has 2 N–H and O–H groups in total. The van der Waals surface area contributed by atoms with Gasteiger partial charge in [0.25, 0.3) is 0 Å². The van der Waals surface area contributed by atoms with Crippen LogP contribution in [0, 0.1) is 0 Å². The molecule has 0 aromatic heterocycles. The minimum absolute atomic E-state index is 0.121. The molecule has 0 aliphatic carbocycles. The fourth-order valence-electron chi connectivity index (χ4n) is 3.48. The monoisotopic (exact) mass is 308 g/mol. The fraction of sp³-hybridized carbons (Fsp3) is 0.350. The lowest BCUT2D eigenvalue weighted by Crippen LogP contribution is -2.40. The Balaban J connectivity index is 1.98. The number of amides is 1. The van der Waals surface area contributed by atoms with Gasteiger partial charge in [0.15, 0.2) is 0 Å². The highest BCUT2D eigenvalue weighted by molar-refractivity contribution is 5.94. The van der Waals surface area contributed by atoms with Gasteiger partial charge in [-0.2, -0.15) is 0 Å². The molecule has 1 aliphatic heterocycles. The summed E-state index contributed by atoms with van der Waals surface area (Å²) >= 11 is 0. The number of hydrogen-bond acceptors (Lipinski definition) is 2. The molecule has 0 saturated heterocycles. The van der Waals surface area contributed by atoms with Gasteiger partial charge in [-0.15, -0.1) is 0 Å². The molecule has 1 heterocycles. The van der Waals surface area contributed by atoms with Crippen molar-refractivity contribution in [1.82, 2.24) is 0 Å². The molecule has 1 amide bonds. The van der Waals surface area contributed by atoms with Gasteiger partial charge in [-0.25, -0.2) is 0 Å². The molecule has 1 atom stereocenters. The van der Waals surface area contributed by atoms with Gasteiger partial charge in [0.05, 0.1) is 0 Å². The highest BCUT2D eigenvalue weighted by Crippen LogP contribution is 2.34. The van der Waals surface area contributed by atoms with Crippen LogP contribution in [0.2, 0.25) is 0 Å². The Labute approximate surface area is 138 Å². The third-order valence-corrected chi connectivity index (χ3v) is 4.64. The van der Waals surface area contributed by atoms with Crippen molar-refractivity contribution in [2.24, 2.45) is 5.73 Å². The first-order valence-corrected chi connectivity index (χ1v) is 8.32. The van der Waals surface area contributed by atoms with E-state index in [0.29, 0.717) is 6.54 Å². The zero-order chi connectivity index (χ0) is 16.4. The topological polar surface area (TPSA) is 46.3 Å². The first-order valence-electron chi connectivity index (χ1n) is 8.32. The van der Waals surface area contributed by atoms with E-state index in [1.165, 1.54) is 22.3 Å². The molecular formula is C20H24N2O. The number of nitrogens with two attached hydrogens (primary N) is 1.